The number of halogens is 3. The first-order valence-corrected chi connectivity index (χ1v) is 12.6. The number of nitrogens with one attached hydrogen (secondary N) is 1. The lowest BCUT2D eigenvalue weighted by molar-refractivity contribution is -0.138. The van der Waals surface area contributed by atoms with Gasteiger partial charge in [-0.15, -0.1) is 0 Å². The average Bonchev–Trinajstić information content (AvgIpc) is 2.90. The van der Waals surface area contributed by atoms with Crippen LogP contribution in [0.3, 0.4) is 0 Å². The van der Waals surface area contributed by atoms with Crippen LogP contribution in [0.2, 0.25) is 0 Å². The zero-order valence-corrected chi connectivity index (χ0v) is 21.1. The highest BCUT2D eigenvalue weighted by molar-refractivity contribution is 5.94. The topological polar surface area (TPSA) is 88.5 Å². The van der Waals surface area contributed by atoms with E-state index in [2.05, 4.69) is 17.2 Å². The van der Waals surface area contributed by atoms with Crippen LogP contribution in [0.1, 0.15) is 73.0 Å². The van der Waals surface area contributed by atoms with Crippen LogP contribution < -0.4 is 10.1 Å². The van der Waals surface area contributed by atoms with Crippen molar-refractivity contribution < 1.29 is 32.6 Å². The third kappa shape index (κ3) is 8.61. The summed E-state index contributed by atoms with van der Waals surface area (Å²) in [6.45, 7) is 2.19. The molecule has 3 aromatic rings. The van der Waals surface area contributed by atoms with E-state index in [4.69, 9.17) is 9.84 Å². The highest BCUT2D eigenvalue weighted by atomic mass is 19.4. The Balaban J connectivity index is 1.70. The van der Waals surface area contributed by atoms with Gasteiger partial charge in [0.15, 0.2) is 0 Å². The number of hydrogen-bond donors (Lipinski definition) is 2. The molecule has 0 aliphatic rings. The van der Waals surface area contributed by atoms with Gasteiger partial charge in [0.25, 0.3) is 5.91 Å². The summed E-state index contributed by atoms with van der Waals surface area (Å²) in [4.78, 5) is 27.3. The number of carboxylic acids is 1. The Kier molecular flexibility index (Phi) is 10.3. The van der Waals surface area contributed by atoms with Crippen LogP contribution in [0.25, 0.3) is 11.3 Å². The summed E-state index contributed by atoms with van der Waals surface area (Å²) in [5.41, 5.74) is 1.69. The van der Waals surface area contributed by atoms with Crippen molar-refractivity contribution in [3.05, 3.63) is 83.6 Å². The Morgan fingerprint density at radius 3 is 2.26 bits per heavy atom. The molecule has 0 aliphatic heterocycles. The molecule has 1 atom stereocenters. The second-order valence-electron chi connectivity index (χ2n) is 8.93. The zero-order chi connectivity index (χ0) is 27.5. The standard InChI is InChI=1S/C29H31F3N2O4/c1-2-3-4-5-6-26(21-7-9-22(10-8-21)28(37)33-18-17-27(35)36)38-24-15-16-25(34-19-24)20-11-13-23(14-12-20)29(30,31)32/h7-16,19,26H,2-6,17-18H2,1H3,(H,33,37)(H,35,36). The molecule has 38 heavy (non-hydrogen) atoms. The van der Waals surface area contributed by atoms with E-state index < -0.39 is 17.7 Å². The molecule has 1 heterocycles. The molecule has 202 valence electrons. The summed E-state index contributed by atoms with van der Waals surface area (Å²) in [5, 5.41) is 11.3. The number of hydrogen-bond acceptors (Lipinski definition) is 4. The van der Waals surface area contributed by atoms with Crippen LogP contribution in [0, 0.1) is 0 Å². The van der Waals surface area contributed by atoms with Gasteiger partial charge in [-0.1, -0.05) is 50.5 Å². The van der Waals surface area contributed by atoms with E-state index in [9.17, 15) is 22.8 Å². The van der Waals surface area contributed by atoms with E-state index in [1.807, 2.05) is 12.1 Å². The highest BCUT2D eigenvalue weighted by Crippen LogP contribution is 2.32. The number of nitrogens with zero attached hydrogens (tertiary/aromatic N) is 1. The zero-order valence-electron chi connectivity index (χ0n) is 21.1. The first-order valence-electron chi connectivity index (χ1n) is 12.6. The molecular weight excluding hydrogens is 497 g/mol. The van der Waals surface area contributed by atoms with Crippen molar-refractivity contribution in [1.82, 2.24) is 10.3 Å². The van der Waals surface area contributed by atoms with Gasteiger partial charge in [-0.3, -0.25) is 14.6 Å². The van der Waals surface area contributed by atoms with E-state index in [1.54, 1.807) is 30.5 Å². The Labute approximate surface area is 219 Å². The fourth-order valence-corrected chi connectivity index (χ4v) is 3.90. The van der Waals surface area contributed by atoms with Gasteiger partial charge in [0.05, 0.1) is 23.9 Å². The van der Waals surface area contributed by atoms with E-state index in [0.717, 1.165) is 49.8 Å². The quantitative estimate of drug-likeness (QED) is 0.232. The summed E-state index contributed by atoms with van der Waals surface area (Å²) in [7, 11) is 0. The van der Waals surface area contributed by atoms with Gasteiger partial charge in [-0.2, -0.15) is 13.2 Å². The summed E-state index contributed by atoms with van der Waals surface area (Å²) in [6, 6.07) is 15.3. The molecule has 0 saturated carbocycles. The lowest BCUT2D eigenvalue weighted by atomic mass is 10.0. The predicted molar refractivity (Wildman–Crippen MR) is 138 cm³/mol. The fourth-order valence-electron chi connectivity index (χ4n) is 3.90. The van der Waals surface area contributed by atoms with E-state index >= 15 is 0 Å². The predicted octanol–water partition coefficient (Wildman–Crippen LogP) is 7.06. The monoisotopic (exact) mass is 528 g/mol. The number of rotatable bonds is 13. The first-order chi connectivity index (χ1) is 18.2. The molecule has 0 saturated heterocycles. The van der Waals surface area contributed by atoms with Crippen LogP contribution in [0.15, 0.2) is 66.9 Å². The van der Waals surface area contributed by atoms with E-state index in [1.165, 1.54) is 12.1 Å². The normalized spacial score (nSPS) is 12.1. The molecular formula is C29H31F3N2O4. The van der Waals surface area contributed by atoms with Gasteiger partial charge >= 0.3 is 12.1 Å². The number of benzene rings is 2. The number of carbonyl (C=O) groups is 2. The molecule has 9 heteroatoms. The van der Waals surface area contributed by atoms with Crippen molar-refractivity contribution in [3.63, 3.8) is 0 Å². The number of pyridine rings is 1. The molecule has 1 unspecified atom stereocenters. The number of alkyl halides is 3. The van der Waals surface area contributed by atoms with Crippen molar-refractivity contribution in [3.8, 4) is 17.0 Å². The number of carboxylic acid groups (broad SMARTS) is 1. The Morgan fingerprint density at radius 2 is 1.68 bits per heavy atom. The minimum atomic E-state index is -4.39. The largest absolute Gasteiger partial charge is 0.484 e. The molecule has 6 nitrogen and oxygen atoms in total. The molecule has 0 aliphatic carbocycles. The van der Waals surface area contributed by atoms with Crippen LogP contribution in [0.5, 0.6) is 5.75 Å². The summed E-state index contributed by atoms with van der Waals surface area (Å²) < 4.78 is 44.8. The number of amides is 1. The Hall–Kier alpha value is -3.88. The Morgan fingerprint density at radius 1 is 0.974 bits per heavy atom. The van der Waals surface area contributed by atoms with Gasteiger partial charge in [-0.25, -0.2) is 0 Å². The lowest BCUT2D eigenvalue weighted by Gasteiger charge is -2.20. The van der Waals surface area contributed by atoms with Crippen LogP contribution in [-0.2, 0) is 11.0 Å². The van der Waals surface area contributed by atoms with Gasteiger partial charge in [0.1, 0.15) is 11.9 Å². The van der Waals surface area contributed by atoms with E-state index in [0.29, 0.717) is 22.6 Å². The molecule has 2 aromatic carbocycles. The van der Waals surface area contributed by atoms with E-state index in [-0.39, 0.29) is 25.0 Å². The molecule has 0 fully saturated rings. The minimum absolute atomic E-state index is 0.0501. The summed E-state index contributed by atoms with van der Waals surface area (Å²) in [5.74, 6) is -0.802. The number of aromatic nitrogens is 1. The second kappa shape index (κ2) is 13.6. The molecule has 0 bridgehead atoms. The van der Waals surface area contributed by atoms with Crippen molar-refractivity contribution in [2.75, 3.05) is 6.54 Å². The maximum Gasteiger partial charge on any atom is 0.416 e. The summed E-state index contributed by atoms with van der Waals surface area (Å²) >= 11 is 0. The smallest absolute Gasteiger partial charge is 0.416 e. The lowest BCUT2D eigenvalue weighted by Crippen LogP contribution is -2.26. The average molecular weight is 529 g/mol. The van der Waals surface area contributed by atoms with Crippen molar-refractivity contribution in [2.24, 2.45) is 0 Å². The number of ether oxygens (including phenoxy) is 1. The SMILES string of the molecule is CCCCCCC(Oc1ccc(-c2ccc(C(F)(F)F)cc2)nc1)c1ccc(C(=O)NCCC(=O)O)cc1. The van der Waals surface area contributed by atoms with Crippen LogP contribution in [0.4, 0.5) is 13.2 Å². The van der Waals surface area contributed by atoms with Gasteiger partial charge in [0.2, 0.25) is 0 Å². The number of carbonyl (C=O) groups excluding carboxylic acids is 1. The highest BCUT2D eigenvalue weighted by Gasteiger charge is 2.30. The van der Waals surface area contributed by atoms with Crippen molar-refractivity contribution in [2.45, 2.75) is 57.7 Å². The molecule has 1 aromatic heterocycles. The maximum atomic E-state index is 12.8. The summed E-state index contributed by atoms with van der Waals surface area (Å²) in [6.07, 6.45) is 1.72. The number of unbranched alkanes of at least 4 members (excludes halogenated alkanes) is 3. The molecule has 1 amide bonds. The minimum Gasteiger partial charge on any atom is -0.484 e. The molecule has 2 N–H and O–H groups in total. The molecule has 0 spiro atoms. The molecule has 0 radical (unpaired) electrons. The van der Waals surface area contributed by atoms with Crippen molar-refractivity contribution >= 4 is 11.9 Å². The van der Waals surface area contributed by atoms with Crippen LogP contribution >= 0.6 is 0 Å². The third-order valence-electron chi connectivity index (χ3n) is 6.01. The Bertz CT molecular complexity index is 1180. The second-order valence-corrected chi connectivity index (χ2v) is 8.93. The fraction of sp³-hybridized carbons (Fsp3) is 0.345. The molecule has 3 rings (SSSR count). The maximum absolute atomic E-state index is 12.8. The van der Waals surface area contributed by atoms with Crippen molar-refractivity contribution in [1.29, 1.82) is 0 Å². The van der Waals surface area contributed by atoms with Gasteiger partial charge in [0, 0.05) is 17.7 Å². The first kappa shape index (κ1) is 28.7. The number of aliphatic carboxylic acids is 1. The van der Waals surface area contributed by atoms with Gasteiger partial charge in [-0.05, 0) is 54.8 Å². The van der Waals surface area contributed by atoms with Crippen LogP contribution in [-0.4, -0.2) is 28.5 Å². The van der Waals surface area contributed by atoms with Gasteiger partial charge < -0.3 is 15.2 Å². The third-order valence-corrected chi connectivity index (χ3v) is 6.01.